The highest BCUT2D eigenvalue weighted by Crippen LogP contribution is 2.27. The van der Waals surface area contributed by atoms with E-state index in [2.05, 4.69) is 15.4 Å². The van der Waals surface area contributed by atoms with Crippen molar-refractivity contribution < 1.29 is 52.8 Å². The number of alkyl carbamates (subject to hydrolysis) is 1. The molecule has 2 amide bonds. The standard InChI is InChI=1S/C24H31Cl3N2O11/c1-22(2,3)39-18(32)15(29-20(34)40-23(4,5)6)11-36-19(33)28-14-9-7-13(8-10-14)16(17(30)31)38-21(35)37-12-24(25,26)27/h7-10,15-16H,11-12H2,1-6H3,(H,28,33)(H,29,34)(H,30,31)/t15-,16?/m1/s1. The summed E-state index contributed by atoms with van der Waals surface area (Å²) in [6.45, 7) is 8.51. The van der Waals surface area contributed by atoms with Crippen LogP contribution in [0.25, 0.3) is 0 Å². The van der Waals surface area contributed by atoms with E-state index in [1.165, 1.54) is 24.3 Å². The monoisotopic (exact) mass is 628 g/mol. The van der Waals surface area contributed by atoms with Crippen molar-refractivity contribution in [1.29, 1.82) is 0 Å². The van der Waals surface area contributed by atoms with Crippen molar-refractivity contribution in [2.45, 2.75) is 68.7 Å². The number of carbonyl (C=O) groups excluding carboxylic acids is 4. The fourth-order valence-corrected chi connectivity index (χ4v) is 2.74. The van der Waals surface area contributed by atoms with Crippen LogP contribution in [-0.2, 0) is 33.3 Å². The molecule has 1 aromatic carbocycles. The number of halogens is 3. The summed E-state index contributed by atoms with van der Waals surface area (Å²) in [5.41, 5.74) is -1.55. The minimum absolute atomic E-state index is 0.0174. The molecule has 40 heavy (non-hydrogen) atoms. The van der Waals surface area contributed by atoms with Gasteiger partial charge < -0.3 is 34.1 Å². The highest BCUT2D eigenvalue weighted by Gasteiger charge is 2.31. The lowest BCUT2D eigenvalue weighted by Gasteiger charge is -2.26. The quantitative estimate of drug-likeness (QED) is 0.188. The number of nitrogens with one attached hydrogen (secondary N) is 2. The van der Waals surface area contributed by atoms with Crippen LogP contribution in [0, 0.1) is 0 Å². The van der Waals surface area contributed by atoms with E-state index in [-0.39, 0.29) is 11.3 Å². The van der Waals surface area contributed by atoms with E-state index in [0.717, 1.165) is 0 Å². The van der Waals surface area contributed by atoms with Crippen molar-refractivity contribution in [2.75, 3.05) is 18.5 Å². The Hall–Kier alpha value is -3.16. The highest BCUT2D eigenvalue weighted by molar-refractivity contribution is 6.67. The first-order valence-corrected chi connectivity index (χ1v) is 12.7. The summed E-state index contributed by atoms with van der Waals surface area (Å²) >= 11 is 16.4. The van der Waals surface area contributed by atoms with Crippen LogP contribution in [0.5, 0.6) is 0 Å². The molecule has 0 aliphatic rings. The number of amides is 2. The Labute approximate surface area is 245 Å². The van der Waals surface area contributed by atoms with Crippen LogP contribution in [0.15, 0.2) is 24.3 Å². The van der Waals surface area contributed by atoms with E-state index in [9.17, 15) is 29.1 Å². The van der Waals surface area contributed by atoms with Crippen LogP contribution in [-0.4, -0.2) is 69.6 Å². The van der Waals surface area contributed by atoms with Crippen LogP contribution in [0.4, 0.5) is 20.1 Å². The van der Waals surface area contributed by atoms with Gasteiger partial charge in [0, 0.05) is 11.3 Å². The molecular weight excluding hydrogens is 599 g/mol. The van der Waals surface area contributed by atoms with Crippen LogP contribution >= 0.6 is 34.8 Å². The molecule has 0 aliphatic carbocycles. The third kappa shape index (κ3) is 14.8. The Bertz CT molecular complexity index is 1060. The molecule has 0 saturated carbocycles. The number of carbonyl (C=O) groups is 5. The third-order valence-corrected chi connectivity index (χ3v) is 4.34. The van der Waals surface area contributed by atoms with Gasteiger partial charge in [-0.15, -0.1) is 0 Å². The molecule has 1 rings (SSSR count). The number of alkyl halides is 3. The van der Waals surface area contributed by atoms with E-state index in [4.69, 9.17) is 53.8 Å². The summed E-state index contributed by atoms with van der Waals surface area (Å²) in [4.78, 5) is 60.3. The lowest BCUT2D eigenvalue weighted by atomic mass is 10.1. The molecule has 1 unspecified atom stereocenters. The normalized spacial score (nSPS) is 13.2. The van der Waals surface area contributed by atoms with Gasteiger partial charge in [0.15, 0.2) is 6.04 Å². The first kappa shape index (κ1) is 34.9. The molecule has 0 saturated heterocycles. The predicted octanol–water partition coefficient (Wildman–Crippen LogP) is 5.12. The topological polar surface area (TPSA) is 176 Å². The Morgan fingerprint density at radius 2 is 1.40 bits per heavy atom. The van der Waals surface area contributed by atoms with Gasteiger partial charge in [0.25, 0.3) is 0 Å². The second kappa shape index (κ2) is 14.5. The lowest BCUT2D eigenvalue weighted by Crippen LogP contribution is -2.48. The highest BCUT2D eigenvalue weighted by atomic mass is 35.6. The van der Waals surface area contributed by atoms with E-state index < -0.39 is 70.6 Å². The van der Waals surface area contributed by atoms with E-state index >= 15 is 0 Å². The van der Waals surface area contributed by atoms with Crippen LogP contribution in [0.2, 0.25) is 0 Å². The van der Waals surface area contributed by atoms with Gasteiger partial charge in [-0.1, -0.05) is 46.9 Å². The molecule has 224 valence electrons. The smallest absolute Gasteiger partial charge is 0.478 e. The summed E-state index contributed by atoms with van der Waals surface area (Å²) in [6.07, 6.45) is -5.08. The van der Waals surface area contributed by atoms with Gasteiger partial charge in [-0.05, 0) is 53.7 Å². The Balaban J connectivity index is 2.83. The van der Waals surface area contributed by atoms with Crippen molar-refractivity contribution in [3.63, 3.8) is 0 Å². The minimum atomic E-state index is -1.92. The van der Waals surface area contributed by atoms with Crippen LogP contribution in [0.3, 0.4) is 0 Å². The molecule has 1 aromatic rings. The predicted molar refractivity (Wildman–Crippen MR) is 144 cm³/mol. The molecule has 0 radical (unpaired) electrons. The van der Waals surface area contributed by atoms with Crippen LogP contribution in [0.1, 0.15) is 53.2 Å². The fraction of sp³-hybridized carbons (Fsp3) is 0.542. The number of esters is 1. The summed E-state index contributed by atoms with van der Waals surface area (Å²) in [5.74, 6) is -2.38. The molecule has 16 heteroatoms. The number of benzene rings is 1. The van der Waals surface area contributed by atoms with Crippen molar-refractivity contribution in [1.82, 2.24) is 5.32 Å². The minimum Gasteiger partial charge on any atom is -0.478 e. The zero-order valence-electron chi connectivity index (χ0n) is 22.5. The van der Waals surface area contributed by atoms with Gasteiger partial charge in [-0.25, -0.2) is 24.0 Å². The Morgan fingerprint density at radius 3 is 1.88 bits per heavy atom. The summed E-state index contributed by atoms with van der Waals surface area (Å²) in [7, 11) is 0. The maximum atomic E-state index is 12.5. The van der Waals surface area contributed by atoms with Crippen molar-refractivity contribution in [2.24, 2.45) is 0 Å². The maximum Gasteiger partial charge on any atom is 0.509 e. The molecule has 0 aromatic heterocycles. The number of hydrogen-bond acceptors (Lipinski definition) is 10. The second-order valence-corrected chi connectivity index (χ2v) is 12.6. The molecule has 13 nitrogen and oxygen atoms in total. The summed E-state index contributed by atoms with van der Waals surface area (Å²) < 4.78 is 22.9. The molecular formula is C24H31Cl3N2O11. The SMILES string of the molecule is CC(C)(C)OC(=O)N[C@H](COC(=O)Nc1ccc(C(OC(=O)OCC(Cl)(Cl)Cl)C(=O)O)cc1)C(=O)OC(C)(C)C. The zero-order chi connectivity index (χ0) is 30.9. The second-order valence-electron chi connectivity index (χ2n) is 10.1. The van der Waals surface area contributed by atoms with Gasteiger partial charge >= 0.3 is 30.3 Å². The number of anilines is 1. The van der Waals surface area contributed by atoms with Gasteiger partial charge in [0.2, 0.25) is 9.90 Å². The van der Waals surface area contributed by atoms with Gasteiger partial charge in [-0.2, -0.15) is 0 Å². The largest absolute Gasteiger partial charge is 0.509 e. The Kier molecular flexibility index (Phi) is 12.6. The van der Waals surface area contributed by atoms with E-state index in [1.807, 2.05) is 0 Å². The van der Waals surface area contributed by atoms with Gasteiger partial charge in [0.05, 0.1) is 0 Å². The molecule has 2 atom stereocenters. The number of ether oxygens (including phenoxy) is 5. The average Bonchev–Trinajstić information content (AvgIpc) is 2.76. The molecule has 3 N–H and O–H groups in total. The van der Waals surface area contributed by atoms with Crippen molar-refractivity contribution in [3.05, 3.63) is 29.8 Å². The number of hydrogen-bond donors (Lipinski definition) is 3. The van der Waals surface area contributed by atoms with E-state index in [0.29, 0.717) is 0 Å². The molecule has 0 bridgehead atoms. The number of carboxylic acids is 1. The molecule has 0 heterocycles. The molecule has 0 aliphatic heterocycles. The summed E-state index contributed by atoms with van der Waals surface area (Å²) in [5, 5.41) is 14.1. The van der Waals surface area contributed by atoms with Gasteiger partial charge in [0.1, 0.15) is 24.4 Å². The maximum absolute atomic E-state index is 12.5. The van der Waals surface area contributed by atoms with Gasteiger partial charge in [-0.3, -0.25) is 5.32 Å². The lowest BCUT2D eigenvalue weighted by molar-refractivity contribution is -0.158. The number of rotatable bonds is 9. The third-order valence-electron chi connectivity index (χ3n) is 4.02. The number of aliphatic carboxylic acids is 1. The fourth-order valence-electron chi connectivity index (χ4n) is 2.58. The van der Waals surface area contributed by atoms with Crippen LogP contribution < -0.4 is 10.6 Å². The average molecular weight is 630 g/mol. The molecule has 0 fully saturated rings. The molecule has 0 spiro atoms. The van der Waals surface area contributed by atoms with Crippen molar-refractivity contribution in [3.8, 4) is 0 Å². The first-order valence-electron chi connectivity index (χ1n) is 11.5. The summed E-state index contributed by atoms with van der Waals surface area (Å²) in [6, 6.07) is 3.73. The van der Waals surface area contributed by atoms with E-state index in [1.54, 1.807) is 41.5 Å². The zero-order valence-corrected chi connectivity index (χ0v) is 24.8. The first-order chi connectivity index (χ1) is 18.1. The number of carboxylic acid groups (broad SMARTS) is 1. The van der Waals surface area contributed by atoms with Crippen molar-refractivity contribution >= 4 is 70.8 Å². The Morgan fingerprint density at radius 1 is 0.850 bits per heavy atom.